The summed E-state index contributed by atoms with van der Waals surface area (Å²) >= 11 is 0. The molecule has 0 aromatic rings. The molecule has 0 saturated heterocycles. The molecule has 66 valence electrons. The average molecular weight is 188 g/mol. The van der Waals surface area contributed by atoms with E-state index in [9.17, 15) is 17.6 Å². The minimum atomic E-state index is -4.92. The van der Waals surface area contributed by atoms with Gasteiger partial charge >= 0.3 is 12.5 Å². The molecule has 1 unspecified atom stereocenters. The highest BCUT2D eigenvalue weighted by atomic mass is 28.1. The highest BCUT2D eigenvalue weighted by Gasteiger charge is 2.41. The average Bonchev–Trinajstić information content (AvgIpc) is 1.86. The molecule has 0 aromatic heterocycles. The van der Waals surface area contributed by atoms with Crippen LogP contribution in [0.2, 0.25) is 6.04 Å². The lowest BCUT2D eigenvalue weighted by Crippen LogP contribution is -2.25. The largest absolute Gasteiger partial charge is 0.460 e. The fourth-order valence-corrected chi connectivity index (χ4v) is 0.490. The van der Waals surface area contributed by atoms with Gasteiger partial charge in [-0.15, -0.1) is 0 Å². The van der Waals surface area contributed by atoms with E-state index < -0.39 is 12.5 Å². The van der Waals surface area contributed by atoms with Crippen molar-refractivity contribution in [2.75, 3.05) is 0 Å². The molecule has 0 aliphatic heterocycles. The van der Waals surface area contributed by atoms with Crippen LogP contribution in [0.25, 0.3) is 0 Å². The first-order chi connectivity index (χ1) is 4.98. The Bertz CT molecular complexity index is 133. The minimum absolute atomic E-state index is 0.643. The van der Waals surface area contributed by atoms with E-state index in [1.165, 1.54) is 6.08 Å². The SMILES string of the molecule is FC(OC=CC[SiH3])C(F)(F)F. The molecular formula is C5H8F4OSi. The Morgan fingerprint density at radius 3 is 2.36 bits per heavy atom. The lowest BCUT2D eigenvalue weighted by atomic mass is 10.6. The number of ether oxygens (including phenoxy) is 1. The van der Waals surface area contributed by atoms with Crippen molar-refractivity contribution >= 4 is 10.2 Å². The van der Waals surface area contributed by atoms with Gasteiger partial charge in [-0.1, -0.05) is 6.08 Å². The number of alkyl halides is 4. The van der Waals surface area contributed by atoms with Crippen molar-refractivity contribution in [2.45, 2.75) is 18.6 Å². The molecule has 0 spiro atoms. The monoisotopic (exact) mass is 188 g/mol. The van der Waals surface area contributed by atoms with E-state index >= 15 is 0 Å². The van der Waals surface area contributed by atoms with Gasteiger partial charge in [-0.05, 0) is 6.04 Å². The van der Waals surface area contributed by atoms with Crippen LogP contribution in [0.15, 0.2) is 12.3 Å². The lowest BCUT2D eigenvalue weighted by Gasteiger charge is -2.10. The van der Waals surface area contributed by atoms with E-state index in [1.54, 1.807) is 0 Å². The predicted octanol–water partition coefficient (Wildman–Crippen LogP) is 1.16. The summed E-state index contributed by atoms with van der Waals surface area (Å²) < 4.78 is 49.6. The summed E-state index contributed by atoms with van der Waals surface area (Å²) in [5.41, 5.74) is 0. The highest BCUT2D eigenvalue weighted by Crippen LogP contribution is 2.23. The zero-order valence-corrected chi connectivity index (χ0v) is 7.86. The van der Waals surface area contributed by atoms with Gasteiger partial charge in [0.25, 0.3) is 0 Å². The Morgan fingerprint density at radius 1 is 1.45 bits per heavy atom. The second-order valence-electron chi connectivity index (χ2n) is 1.77. The van der Waals surface area contributed by atoms with Crippen LogP contribution in [0.4, 0.5) is 17.6 Å². The molecule has 0 heterocycles. The van der Waals surface area contributed by atoms with E-state index in [2.05, 4.69) is 4.74 Å². The molecule has 11 heavy (non-hydrogen) atoms. The predicted molar refractivity (Wildman–Crippen MR) is 35.9 cm³/mol. The second-order valence-corrected chi connectivity index (χ2v) is 2.59. The third-order valence-electron chi connectivity index (χ3n) is 0.787. The quantitative estimate of drug-likeness (QED) is 0.367. The molecule has 0 amide bonds. The Labute approximate surface area is 64.5 Å². The fourth-order valence-electron chi connectivity index (χ4n) is 0.298. The topological polar surface area (TPSA) is 9.23 Å². The van der Waals surface area contributed by atoms with Crippen LogP contribution in [0.3, 0.4) is 0 Å². The van der Waals surface area contributed by atoms with Gasteiger partial charge in [-0.3, -0.25) is 0 Å². The van der Waals surface area contributed by atoms with Gasteiger partial charge in [0.05, 0.1) is 6.26 Å². The van der Waals surface area contributed by atoms with Crippen LogP contribution in [0.5, 0.6) is 0 Å². The fraction of sp³-hybridized carbons (Fsp3) is 0.600. The van der Waals surface area contributed by atoms with Gasteiger partial charge in [-0.2, -0.15) is 17.6 Å². The van der Waals surface area contributed by atoms with E-state index in [-0.39, 0.29) is 0 Å². The Morgan fingerprint density at radius 2 is 2.00 bits per heavy atom. The van der Waals surface area contributed by atoms with E-state index in [0.29, 0.717) is 6.04 Å². The molecule has 1 nitrogen and oxygen atoms in total. The van der Waals surface area contributed by atoms with Crippen molar-refractivity contribution in [3.05, 3.63) is 12.3 Å². The Balaban J connectivity index is 3.69. The third-order valence-corrected chi connectivity index (χ3v) is 1.26. The second kappa shape index (κ2) is 4.37. The van der Waals surface area contributed by atoms with Crippen molar-refractivity contribution in [2.24, 2.45) is 0 Å². The molecule has 6 heteroatoms. The molecule has 1 atom stereocenters. The van der Waals surface area contributed by atoms with Gasteiger partial charge in [0.15, 0.2) is 0 Å². The van der Waals surface area contributed by atoms with E-state index in [0.717, 1.165) is 16.5 Å². The van der Waals surface area contributed by atoms with E-state index in [1.807, 2.05) is 0 Å². The number of hydrogen-bond donors (Lipinski definition) is 0. The molecule has 0 rings (SSSR count). The molecule has 0 radical (unpaired) electrons. The third kappa shape index (κ3) is 4.83. The maximum Gasteiger partial charge on any atom is 0.457 e. The van der Waals surface area contributed by atoms with Gasteiger partial charge in [0.1, 0.15) is 0 Å². The van der Waals surface area contributed by atoms with Crippen LogP contribution < -0.4 is 0 Å². The van der Waals surface area contributed by atoms with Crippen molar-refractivity contribution < 1.29 is 22.3 Å². The first-order valence-corrected chi connectivity index (χ1v) is 4.41. The summed E-state index contributed by atoms with van der Waals surface area (Å²) in [5.74, 6) is 0. The Hall–Kier alpha value is -0.523. The number of hydrogen-bond acceptors (Lipinski definition) is 1. The molecule has 0 saturated carbocycles. The van der Waals surface area contributed by atoms with Crippen molar-refractivity contribution in [3.63, 3.8) is 0 Å². The standard InChI is InChI=1S/C5H8F4OSi/c6-4(5(7,8)9)10-2-1-3-11/h1-2,4H,3H2,11H3. The highest BCUT2D eigenvalue weighted by molar-refractivity contribution is 6.09. The molecule has 0 aliphatic carbocycles. The van der Waals surface area contributed by atoms with Gasteiger partial charge in [0, 0.05) is 10.2 Å². The normalized spacial score (nSPS) is 15.6. The first-order valence-electron chi connectivity index (χ1n) is 2.99. The van der Waals surface area contributed by atoms with Crippen LogP contribution in [-0.4, -0.2) is 22.8 Å². The van der Waals surface area contributed by atoms with Crippen LogP contribution in [-0.2, 0) is 4.74 Å². The van der Waals surface area contributed by atoms with Crippen LogP contribution in [0, 0.1) is 0 Å². The van der Waals surface area contributed by atoms with Crippen LogP contribution in [0.1, 0.15) is 0 Å². The van der Waals surface area contributed by atoms with Crippen LogP contribution >= 0.6 is 0 Å². The van der Waals surface area contributed by atoms with E-state index in [4.69, 9.17) is 0 Å². The zero-order chi connectivity index (χ0) is 8.91. The van der Waals surface area contributed by atoms with Crippen molar-refractivity contribution in [3.8, 4) is 0 Å². The van der Waals surface area contributed by atoms with Crippen molar-refractivity contribution in [1.29, 1.82) is 0 Å². The maximum atomic E-state index is 11.8. The number of rotatable bonds is 3. The van der Waals surface area contributed by atoms with Gasteiger partial charge < -0.3 is 4.74 Å². The molecule has 0 N–H and O–H groups in total. The summed E-state index contributed by atoms with van der Waals surface area (Å²) in [7, 11) is 0.818. The maximum absolute atomic E-state index is 11.8. The van der Waals surface area contributed by atoms with Crippen molar-refractivity contribution in [1.82, 2.24) is 0 Å². The molecule has 0 aliphatic rings. The first kappa shape index (κ1) is 10.5. The summed E-state index contributed by atoms with van der Waals surface area (Å²) in [5, 5.41) is 0. The molecular weight excluding hydrogens is 180 g/mol. The summed E-state index contributed by atoms with van der Waals surface area (Å²) in [6.07, 6.45) is -6.03. The lowest BCUT2D eigenvalue weighted by molar-refractivity contribution is -0.248. The number of allylic oxidation sites excluding steroid dienone is 1. The van der Waals surface area contributed by atoms with Gasteiger partial charge in [-0.25, -0.2) is 0 Å². The summed E-state index contributed by atoms with van der Waals surface area (Å²) in [6, 6.07) is 0.643. The summed E-state index contributed by atoms with van der Waals surface area (Å²) in [6.45, 7) is 0. The smallest absolute Gasteiger partial charge is 0.457 e. The minimum Gasteiger partial charge on any atom is -0.460 e. The number of halogens is 4. The molecule has 0 aromatic carbocycles. The zero-order valence-electron chi connectivity index (χ0n) is 5.86. The Kier molecular flexibility index (Phi) is 4.17. The molecule has 0 fully saturated rings. The summed E-state index contributed by atoms with van der Waals surface area (Å²) in [4.78, 5) is 0. The van der Waals surface area contributed by atoms with Gasteiger partial charge in [0.2, 0.25) is 0 Å². The molecule has 0 bridgehead atoms.